The molecule has 1 aliphatic heterocycles. The summed E-state index contributed by atoms with van der Waals surface area (Å²) in [4.78, 5) is 8.94. The first-order chi connectivity index (χ1) is 13.5. The smallest absolute Gasteiger partial charge is 0.219 e. The lowest BCUT2D eigenvalue weighted by Gasteiger charge is -2.36. The van der Waals surface area contributed by atoms with Crippen molar-refractivity contribution in [2.75, 3.05) is 11.6 Å². The fraction of sp³-hybridized carbons (Fsp3) is 0.174. The van der Waals surface area contributed by atoms with Crippen LogP contribution >= 0.6 is 0 Å². The van der Waals surface area contributed by atoms with E-state index in [0.29, 0.717) is 12.5 Å². The molecule has 2 heterocycles. The van der Waals surface area contributed by atoms with Crippen molar-refractivity contribution in [2.24, 2.45) is 0 Å². The van der Waals surface area contributed by atoms with Crippen molar-refractivity contribution in [1.29, 1.82) is 0 Å². The zero-order valence-corrected chi connectivity index (χ0v) is 16.0. The van der Waals surface area contributed by atoms with Crippen LogP contribution in [0.2, 0.25) is 0 Å². The summed E-state index contributed by atoms with van der Waals surface area (Å²) in [6.45, 7) is 4.87. The number of hydrogen-bond donors (Lipinski definition) is 1. The minimum atomic E-state index is -0.355. The van der Waals surface area contributed by atoms with Gasteiger partial charge < -0.3 is 19.6 Å². The number of benzene rings is 2. The molecule has 2 aromatic carbocycles. The number of pyridine rings is 1. The predicted molar refractivity (Wildman–Crippen MR) is 110 cm³/mol. The molecule has 1 aromatic heterocycles. The summed E-state index contributed by atoms with van der Waals surface area (Å²) >= 11 is 0. The maximum atomic E-state index is 10.1. The molecule has 0 aliphatic carbocycles. The van der Waals surface area contributed by atoms with Gasteiger partial charge in [0, 0.05) is 18.5 Å². The third-order valence-electron chi connectivity index (χ3n) is 4.96. The van der Waals surface area contributed by atoms with E-state index in [1.807, 2.05) is 84.0 Å². The molecule has 142 valence electrons. The Kier molecular flexibility index (Phi) is 4.65. The summed E-state index contributed by atoms with van der Waals surface area (Å²) in [5.74, 6) is 1.59. The van der Waals surface area contributed by atoms with Gasteiger partial charge in [-0.1, -0.05) is 36.4 Å². The number of hydrogen-bond acceptors (Lipinski definition) is 5. The number of phenolic OH excluding ortho intramolecular Hbond substituents is 1. The monoisotopic (exact) mass is 373 g/mol. The van der Waals surface area contributed by atoms with E-state index in [0.717, 1.165) is 17.1 Å². The highest BCUT2D eigenvalue weighted by atomic mass is 16.5. The van der Waals surface area contributed by atoms with Gasteiger partial charge in [0.1, 0.15) is 11.5 Å². The van der Waals surface area contributed by atoms with Crippen LogP contribution in [0.1, 0.15) is 19.5 Å². The third kappa shape index (κ3) is 3.51. The maximum Gasteiger partial charge on any atom is 0.219 e. The third-order valence-corrected chi connectivity index (χ3v) is 4.96. The zero-order valence-electron chi connectivity index (χ0n) is 16.0. The molecule has 0 saturated carbocycles. The Hall–Kier alpha value is -3.47. The van der Waals surface area contributed by atoms with Crippen molar-refractivity contribution in [1.82, 2.24) is 9.88 Å². The first-order valence-corrected chi connectivity index (χ1v) is 9.24. The largest absolute Gasteiger partial charge is 0.506 e. The second-order valence-electron chi connectivity index (χ2n) is 7.20. The van der Waals surface area contributed by atoms with Gasteiger partial charge in [-0.3, -0.25) is 0 Å². The fourth-order valence-electron chi connectivity index (χ4n) is 3.21. The van der Waals surface area contributed by atoms with Crippen LogP contribution in [0.25, 0.3) is 0 Å². The number of aromatic nitrogens is 1. The summed E-state index contributed by atoms with van der Waals surface area (Å²) in [6, 6.07) is 22.8. The van der Waals surface area contributed by atoms with Crippen LogP contribution in [0.3, 0.4) is 0 Å². The normalized spacial score (nSPS) is 13.8. The van der Waals surface area contributed by atoms with E-state index in [4.69, 9.17) is 9.72 Å². The van der Waals surface area contributed by atoms with Gasteiger partial charge in [0.15, 0.2) is 0 Å². The van der Waals surface area contributed by atoms with Crippen LogP contribution < -0.4 is 9.64 Å². The first-order valence-electron chi connectivity index (χ1n) is 9.24. The molecule has 1 N–H and O–H groups in total. The van der Waals surface area contributed by atoms with Gasteiger partial charge >= 0.3 is 0 Å². The standard InChI is InChI=1S/C23H23N3O2/c1-23(2,26-16-15-25(17-26)19-11-6-7-12-20(19)27)21-13-8-14-22(24-21)28-18-9-4-3-5-10-18/h3-16,27H,17H2,1-2H3. The molecule has 0 fully saturated rings. The van der Waals surface area contributed by atoms with Crippen molar-refractivity contribution in [2.45, 2.75) is 19.4 Å². The SMILES string of the molecule is CC(C)(c1cccc(Oc2ccccc2)n1)N1C=CN(c2ccccc2O)C1. The second kappa shape index (κ2) is 7.27. The van der Waals surface area contributed by atoms with Crippen molar-refractivity contribution < 1.29 is 9.84 Å². The van der Waals surface area contributed by atoms with E-state index in [1.54, 1.807) is 6.07 Å². The van der Waals surface area contributed by atoms with Crippen molar-refractivity contribution in [3.8, 4) is 17.4 Å². The molecular weight excluding hydrogens is 350 g/mol. The molecule has 3 aromatic rings. The Bertz CT molecular complexity index is 986. The summed E-state index contributed by atoms with van der Waals surface area (Å²) < 4.78 is 5.89. The van der Waals surface area contributed by atoms with Crippen LogP contribution in [0.15, 0.2) is 85.2 Å². The lowest BCUT2D eigenvalue weighted by Crippen LogP contribution is -2.40. The summed E-state index contributed by atoms with van der Waals surface area (Å²) in [6.07, 6.45) is 4.00. The number of ether oxygens (including phenoxy) is 1. The molecule has 0 spiro atoms. The van der Waals surface area contributed by atoms with E-state index >= 15 is 0 Å². The van der Waals surface area contributed by atoms with E-state index in [-0.39, 0.29) is 11.3 Å². The molecule has 1 aliphatic rings. The zero-order chi connectivity index (χ0) is 19.6. The fourth-order valence-corrected chi connectivity index (χ4v) is 3.21. The number of phenols is 1. The molecule has 0 atom stereocenters. The Labute approximate surface area is 165 Å². The molecule has 0 bridgehead atoms. The average Bonchev–Trinajstić information content (AvgIpc) is 3.20. The predicted octanol–water partition coefficient (Wildman–Crippen LogP) is 5.07. The van der Waals surface area contributed by atoms with Gasteiger partial charge in [-0.15, -0.1) is 0 Å². The van der Waals surface area contributed by atoms with Gasteiger partial charge in [-0.25, -0.2) is 4.98 Å². The molecule has 0 radical (unpaired) electrons. The molecule has 28 heavy (non-hydrogen) atoms. The number of anilines is 1. The van der Waals surface area contributed by atoms with Crippen LogP contribution in [-0.2, 0) is 5.54 Å². The molecule has 5 nitrogen and oxygen atoms in total. The van der Waals surface area contributed by atoms with Crippen LogP contribution in [0, 0.1) is 0 Å². The molecule has 0 saturated heterocycles. The summed E-state index contributed by atoms with van der Waals surface area (Å²) in [7, 11) is 0. The van der Waals surface area contributed by atoms with Crippen molar-refractivity contribution in [3.05, 3.63) is 90.9 Å². The lowest BCUT2D eigenvalue weighted by atomic mass is 9.98. The highest BCUT2D eigenvalue weighted by molar-refractivity contribution is 5.60. The minimum absolute atomic E-state index is 0.267. The lowest BCUT2D eigenvalue weighted by molar-refractivity contribution is 0.195. The Morgan fingerprint density at radius 3 is 2.43 bits per heavy atom. The highest BCUT2D eigenvalue weighted by Gasteiger charge is 2.32. The van der Waals surface area contributed by atoms with Gasteiger partial charge in [0.25, 0.3) is 0 Å². The average molecular weight is 373 g/mol. The Balaban J connectivity index is 1.53. The number of aromatic hydroxyl groups is 1. The van der Waals surface area contributed by atoms with Crippen LogP contribution in [-0.4, -0.2) is 21.7 Å². The van der Waals surface area contributed by atoms with Crippen LogP contribution in [0.4, 0.5) is 5.69 Å². The number of para-hydroxylation sites is 3. The molecule has 4 rings (SSSR count). The number of nitrogens with zero attached hydrogens (tertiary/aromatic N) is 3. The van der Waals surface area contributed by atoms with Gasteiger partial charge in [-0.05, 0) is 44.2 Å². The van der Waals surface area contributed by atoms with Crippen molar-refractivity contribution >= 4 is 5.69 Å². The van der Waals surface area contributed by atoms with E-state index in [9.17, 15) is 5.11 Å². The highest BCUT2D eigenvalue weighted by Crippen LogP contribution is 2.35. The maximum absolute atomic E-state index is 10.1. The van der Waals surface area contributed by atoms with E-state index in [1.165, 1.54) is 0 Å². The topological polar surface area (TPSA) is 48.8 Å². The van der Waals surface area contributed by atoms with E-state index < -0.39 is 0 Å². The quantitative estimate of drug-likeness (QED) is 0.677. The molecule has 0 amide bonds. The molecular formula is C23H23N3O2. The van der Waals surface area contributed by atoms with Gasteiger partial charge in [0.05, 0.1) is 23.6 Å². The first kappa shape index (κ1) is 17.9. The molecule has 5 heteroatoms. The van der Waals surface area contributed by atoms with Gasteiger partial charge in [0.2, 0.25) is 5.88 Å². The van der Waals surface area contributed by atoms with Gasteiger partial charge in [-0.2, -0.15) is 0 Å². The summed E-state index contributed by atoms with van der Waals surface area (Å²) in [5.41, 5.74) is 1.34. The summed E-state index contributed by atoms with van der Waals surface area (Å²) in [5, 5.41) is 10.1. The Morgan fingerprint density at radius 1 is 0.893 bits per heavy atom. The Morgan fingerprint density at radius 2 is 1.64 bits per heavy atom. The molecule has 0 unspecified atom stereocenters. The minimum Gasteiger partial charge on any atom is -0.506 e. The number of rotatable bonds is 5. The van der Waals surface area contributed by atoms with Crippen molar-refractivity contribution in [3.63, 3.8) is 0 Å². The van der Waals surface area contributed by atoms with Crippen LogP contribution in [0.5, 0.6) is 17.4 Å². The van der Waals surface area contributed by atoms with E-state index in [2.05, 4.69) is 18.7 Å². The second-order valence-corrected chi connectivity index (χ2v) is 7.20.